The number of nitro groups is 1. The van der Waals surface area contributed by atoms with Gasteiger partial charge in [0.15, 0.2) is 5.75 Å². The summed E-state index contributed by atoms with van der Waals surface area (Å²) in [5.74, 6) is -1.82. The first-order valence-electron chi connectivity index (χ1n) is 7.43. The zero-order valence-electron chi connectivity index (χ0n) is 14.3. The highest BCUT2D eigenvalue weighted by Crippen LogP contribution is 2.37. The van der Waals surface area contributed by atoms with Crippen molar-refractivity contribution in [3.8, 4) is 11.5 Å². The van der Waals surface area contributed by atoms with Crippen molar-refractivity contribution in [1.82, 2.24) is 15.8 Å². The van der Waals surface area contributed by atoms with Crippen molar-refractivity contribution in [3.63, 3.8) is 0 Å². The van der Waals surface area contributed by atoms with Crippen LogP contribution >= 0.6 is 0 Å². The van der Waals surface area contributed by atoms with E-state index in [0.717, 1.165) is 6.07 Å². The van der Waals surface area contributed by atoms with E-state index in [1.165, 1.54) is 38.6 Å². The Morgan fingerprint density at radius 3 is 2.52 bits per heavy atom. The van der Waals surface area contributed by atoms with Crippen LogP contribution in [0.1, 0.15) is 26.4 Å². The number of carbonyl (C=O) groups is 2. The molecule has 142 valence electrons. The number of methoxy groups -OCH3 is 2. The average molecular weight is 378 g/mol. The minimum atomic E-state index is -0.959. The normalized spacial score (nSPS) is 10.0. The number of halogens is 1. The molecule has 2 N–H and O–H groups in total. The monoisotopic (exact) mass is 378 g/mol. The lowest BCUT2D eigenvalue weighted by molar-refractivity contribution is -0.385. The Morgan fingerprint density at radius 1 is 1.22 bits per heavy atom. The summed E-state index contributed by atoms with van der Waals surface area (Å²) in [6.45, 7) is -0.959. The van der Waals surface area contributed by atoms with Gasteiger partial charge in [0.25, 0.3) is 11.8 Å². The molecule has 0 aliphatic heterocycles. The van der Waals surface area contributed by atoms with Gasteiger partial charge in [-0.1, -0.05) is 0 Å². The Kier molecular flexibility index (Phi) is 6.20. The van der Waals surface area contributed by atoms with E-state index in [1.54, 1.807) is 0 Å². The molecule has 0 saturated heterocycles. The number of hydrazine groups is 1. The van der Waals surface area contributed by atoms with Crippen molar-refractivity contribution < 1.29 is 28.4 Å². The van der Waals surface area contributed by atoms with Crippen LogP contribution in [-0.4, -0.2) is 35.9 Å². The summed E-state index contributed by atoms with van der Waals surface area (Å²) in [6.07, 6.45) is 1.33. The van der Waals surface area contributed by atoms with Crippen LogP contribution in [0, 0.1) is 10.1 Å². The molecule has 0 aliphatic rings. The van der Waals surface area contributed by atoms with Crippen LogP contribution < -0.4 is 20.3 Å². The molecule has 10 nitrogen and oxygen atoms in total. The molecule has 11 heteroatoms. The van der Waals surface area contributed by atoms with Gasteiger partial charge in [0.05, 0.1) is 36.0 Å². The number of pyridine rings is 1. The second-order valence-corrected chi connectivity index (χ2v) is 5.03. The topological polar surface area (TPSA) is 133 Å². The highest BCUT2D eigenvalue weighted by Gasteiger charge is 2.24. The Morgan fingerprint density at radius 2 is 1.93 bits per heavy atom. The first-order chi connectivity index (χ1) is 12.9. The van der Waals surface area contributed by atoms with Gasteiger partial charge in [-0.25, -0.2) is 4.39 Å². The quantitative estimate of drug-likeness (QED) is 0.575. The molecule has 0 spiro atoms. The molecule has 2 amide bonds. The molecule has 0 fully saturated rings. The van der Waals surface area contributed by atoms with E-state index in [9.17, 15) is 24.1 Å². The molecule has 1 heterocycles. The van der Waals surface area contributed by atoms with E-state index >= 15 is 0 Å². The fourth-order valence-electron chi connectivity index (χ4n) is 2.22. The summed E-state index contributed by atoms with van der Waals surface area (Å²) in [5.41, 5.74) is 3.41. The van der Waals surface area contributed by atoms with Crippen LogP contribution in [0.15, 0.2) is 30.5 Å². The van der Waals surface area contributed by atoms with Gasteiger partial charge < -0.3 is 9.47 Å². The minimum absolute atomic E-state index is 0.0323. The molecular formula is C16H15FN4O6. The summed E-state index contributed by atoms with van der Waals surface area (Å²) < 4.78 is 22.8. The zero-order chi connectivity index (χ0) is 20.0. The van der Waals surface area contributed by atoms with Crippen LogP contribution in [0.2, 0.25) is 0 Å². The summed E-state index contributed by atoms with van der Waals surface area (Å²) in [4.78, 5) is 38.5. The number of nitrogens with zero attached hydrogens (tertiary/aromatic N) is 2. The highest BCUT2D eigenvalue weighted by atomic mass is 19.1. The van der Waals surface area contributed by atoms with E-state index in [0.29, 0.717) is 0 Å². The first kappa shape index (κ1) is 19.6. The first-order valence-corrected chi connectivity index (χ1v) is 7.43. The van der Waals surface area contributed by atoms with Crippen molar-refractivity contribution in [2.24, 2.45) is 0 Å². The maximum absolute atomic E-state index is 12.9. The van der Waals surface area contributed by atoms with E-state index in [4.69, 9.17) is 9.47 Å². The predicted octanol–water partition coefficient (Wildman–Crippen LogP) is 1.55. The third kappa shape index (κ3) is 4.26. The Balaban J connectivity index is 2.22. The molecule has 0 unspecified atom stereocenters. The third-order valence-electron chi connectivity index (χ3n) is 3.47. The predicted molar refractivity (Wildman–Crippen MR) is 90.2 cm³/mol. The van der Waals surface area contributed by atoms with E-state index in [2.05, 4.69) is 15.8 Å². The molecule has 0 bridgehead atoms. The number of hydrogen-bond acceptors (Lipinski definition) is 7. The number of aromatic nitrogens is 1. The van der Waals surface area contributed by atoms with Gasteiger partial charge >= 0.3 is 5.69 Å². The molecule has 2 rings (SSSR count). The Hall–Kier alpha value is -3.76. The summed E-state index contributed by atoms with van der Waals surface area (Å²) in [6, 6.07) is 4.96. The second kappa shape index (κ2) is 8.56. The van der Waals surface area contributed by atoms with Crippen molar-refractivity contribution in [3.05, 3.63) is 57.4 Å². The van der Waals surface area contributed by atoms with Gasteiger partial charge in [-0.3, -0.25) is 35.5 Å². The maximum Gasteiger partial charge on any atom is 0.315 e. The molecule has 0 atom stereocenters. The van der Waals surface area contributed by atoms with Crippen molar-refractivity contribution in [2.75, 3.05) is 14.2 Å². The maximum atomic E-state index is 12.9. The number of hydrogen-bond donors (Lipinski definition) is 2. The number of amides is 2. The van der Waals surface area contributed by atoms with Crippen LogP contribution in [0.25, 0.3) is 0 Å². The smallest absolute Gasteiger partial charge is 0.315 e. The molecule has 0 saturated carbocycles. The lowest BCUT2D eigenvalue weighted by Crippen LogP contribution is -2.42. The van der Waals surface area contributed by atoms with Gasteiger partial charge in [-0.15, -0.1) is 0 Å². The van der Waals surface area contributed by atoms with Crippen LogP contribution in [0.5, 0.6) is 11.5 Å². The number of ether oxygens (including phenoxy) is 2. The SMILES string of the molecule is COc1cc(C(=O)NNC(=O)c2cccnc2CF)cc([N+](=O)[O-])c1OC. The molecule has 1 aromatic heterocycles. The minimum Gasteiger partial charge on any atom is -0.493 e. The molecule has 0 radical (unpaired) electrons. The largest absolute Gasteiger partial charge is 0.493 e. The molecule has 1 aromatic carbocycles. The lowest BCUT2D eigenvalue weighted by atomic mass is 10.1. The average Bonchev–Trinajstić information content (AvgIpc) is 2.70. The number of alkyl halides is 1. The summed E-state index contributed by atoms with van der Waals surface area (Å²) in [7, 11) is 2.48. The molecule has 27 heavy (non-hydrogen) atoms. The van der Waals surface area contributed by atoms with Crippen molar-refractivity contribution >= 4 is 17.5 Å². The summed E-state index contributed by atoms with van der Waals surface area (Å²) >= 11 is 0. The zero-order valence-corrected chi connectivity index (χ0v) is 14.3. The third-order valence-corrected chi connectivity index (χ3v) is 3.47. The van der Waals surface area contributed by atoms with Crippen LogP contribution in [0.3, 0.4) is 0 Å². The number of nitrogens with one attached hydrogen (secondary N) is 2. The highest BCUT2D eigenvalue weighted by molar-refractivity contribution is 6.00. The van der Waals surface area contributed by atoms with Gasteiger partial charge in [-0.05, 0) is 18.2 Å². The van der Waals surface area contributed by atoms with Crippen molar-refractivity contribution in [2.45, 2.75) is 6.67 Å². The van der Waals surface area contributed by atoms with Crippen LogP contribution in [0.4, 0.5) is 10.1 Å². The second-order valence-electron chi connectivity index (χ2n) is 5.03. The number of rotatable bonds is 6. The molecular weight excluding hydrogens is 363 g/mol. The number of benzene rings is 1. The fraction of sp³-hybridized carbons (Fsp3) is 0.188. The Bertz CT molecular complexity index is 889. The molecule has 0 aliphatic carbocycles. The van der Waals surface area contributed by atoms with Gasteiger partial charge in [0.1, 0.15) is 6.67 Å². The number of nitro benzene ring substituents is 1. The van der Waals surface area contributed by atoms with Crippen LogP contribution in [-0.2, 0) is 6.67 Å². The number of carbonyl (C=O) groups excluding carboxylic acids is 2. The van der Waals surface area contributed by atoms with Gasteiger partial charge in [0.2, 0.25) is 5.75 Å². The van der Waals surface area contributed by atoms with E-state index in [-0.39, 0.29) is 28.3 Å². The van der Waals surface area contributed by atoms with E-state index in [1.807, 2.05) is 0 Å². The van der Waals surface area contributed by atoms with Gasteiger partial charge in [0, 0.05) is 12.3 Å². The summed E-state index contributed by atoms with van der Waals surface area (Å²) in [5, 5.41) is 11.2. The van der Waals surface area contributed by atoms with E-state index < -0.39 is 29.1 Å². The lowest BCUT2D eigenvalue weighted by Gasteiger charge is -2.12. The molecule has 2 aromatic rings. The standard InChI is InChI=1S/C16H15FN4O6/c1-26-13-7-9(6-12(21(24)25)14(13)27-2)15(22)19-20-16(23)10-4-3-5-18-11(10)8-17/h3-7H,8H2,1-2H3,(H,19,22)(H,20,23). The van der Waals surface area contributed by atoms with Gasteiger partial charge in [-0.2, -0.15) is 0 Å². The fourth-order valence-corrected chi connectivity index (χ4v) is 2.22. The Labute approximate surface area is 152 Å². The van der Waals surface area contributed by atoms with Crippen molar-refractivity contribution in [1.29, 1.82) is 0 Å².